The Kier molecular flexibility index (Phi) is 4.47. The summed E-state index contributed by atoms with van der Waals surface area (Å²) < 4.78 is 38.6. The van der Waals surface area contributed by atoms with E-state index in [0.29, 0.717) is 25.1 Å². The van der Waals surface area contributed by atoms with Gasteiger partial charge in [0, 0.05) is 17.8 Å². The van der Waals surface area contributed by atoms with Crippen LogP contribution in [0.2, 0.25) is 0 Å². The second kappa shape index (κ2) is 6.47. The first kappa shape index (κ1) is 18.0. The summed E-state index contributed by atoms with van der Waals surface area (Å²) in [5.41, 5.74) is -0.232. The van der Waals surface area contributed by atoms with Gasteiger partial charge in [-0.15, -0.1) is 0 Å². The van der Waals surface area contributed by atoms with Crippen LogP contribution in [0.4, 0.5) is 13.2 Å². The van der Waals surface area contributed by atoms with E-state index in [9.17, 15) is 27.9 Å². The minimum Gasteiger partial charge on any atom is -0.480 e. The van der Waals surface area contributed by atoms with Gasteiger partial charge in [-0.2, -0.15) is 13.2 Å². The minimum atomic E-state index is -4.49. The number of benzene rings is 1. The Morgan fingerprint density at radius 2 is 2.08 bits per heavy atom. The number of aromatic nitrogens is 2. The molecule has 1 amide bonds. The lowest BCUT2D eigenvalue weighted by molar-refractivity contribution is -0.141. The Bertz CT molecular complexity index is 860. The molecule has 1 aliphatic heterocycles. The number of carboxylic acids is 1. The number of nitrogens with zero attached hydrogens (tertiary/aromatic N) is 2. The number of aliphatic carboxylic acids is 1. The van der Waals surface area contributed by atoms with Gasteiger partial charge in [0.15, 0.2) is 0 Å². The van der Waals surface area contributed by atoms with E-state index in [4.69, 9.17) is 0 Å². The summed E-state index contributed by atoms with van der Waals surface area (Å²) in [5, 5.41) is 9.21. The molecule has 138 valence electrons. The van der Waals surface area contributed by atoms with Gasteiger partial charge in [0.2, 0.25) is 0 Å². The fourth-order valence-electron chi connectivity index (χ4n) is 3.05. The van der Waals surface area contributed by atoms with Gasteiger partial charge in [-0.05, 0) is 31.9 Å². The van der Waals surface area contributed by atoms with E-state index in [0.717, 1.165) is 12.1 Å². The zero-order chi connectivity index (χ0) is 19.1. The number of H-pyrrole nitrogens is 1. The predicted octanol–water partition coefficient (Wildman–Crippen LogP) is 3.09. The SMILES string of the molecule is Cc1[nH]c(-c2cccc(C(F)(F)F)c2)nc1C(=O)N1CCC[C@@H]1C(=O)O. The molecule has 3 rings (SSSR count). The van der Waals surface area contributed by atoms with Crippen LogP contribution in [-0.4, -0.2) is 44.4 Å². The molecule has 6 nitrogen and oxygen atoms in total. The average Bonchev–Trinajstić information content (AvgIpc) is 3.20. The van der Waals surface area contributed by atoms with Crippen LogP contribution < -0.4 is 0 Å². The van der Waals surface area contributed by atoms with Crippen LogP contribution in [0.25, 0.3) is 11.4 Å². The Morgan fingerprint density at radius 3 is 2.73 bits per heavy atom. The van der Waals surface area contributed by atoms with Crippen LogP contribution in [0.5, 0.6) is 0 Å². The van der Waals surface area contributed by atoms with Crippen molar-refractivity contribution in [3.63, 3.8) is 0 Å². The fourth-order valence-corrected chi connectivity index (χ4v) is 3.05. The van der Waals surface area contributed by atoms with E-state index in [1.165, 1.54) is 17.0 Å². The molecule has 1 saturated heterocycles. The highest BCUT2D eigenvalue weighted by molar-refractivity contribution is 5.96. The molecular weight excluding hydrogens is 351 g/mol. The largest absolute Gasteiger partial charge is 0.480 e. The maximum atomic E-state index is 12.9. The molecule has 1 fully saturated rings. The molecule has 2 N–H and O–H groups in total. The number of aryl methyl sites for hydroxylation is 1. The lowest BCUT2D eigenvalue weighted by atomic mass is 10.1. The molecule has 0 bridgehead atoms. The van der Waals surface area contributed by atoms with Gasteiger partial charge < -0.3 is 15.0 Å². The summed E-state index contributed by atoms with van der Waals surface area (Å²) in [6.07, 6.45) is -3.54. The van der Waals surface area contributed by atoms with E-state index in [2.05, 4.69) is 9.97 Å². The molecule has 1 aromatic heterocycles. The van der Waals surface area contributed by atoms with Crippen LogP contribution in [0.15, 0.2) is 24.3 Å². The zero-order valence-corrected chi connectivity index (χ0v) is 13.8. The fraction of sp³-hybridized carbons (Fsp3) is 0.353. The van der Waals surface area contributed by atoms with Crippen molar-refractivity contribution in [1.29, 1.82) is 0 Å². The van der Waals surface area contributed by atoms with E-state index in [1.54, 1.807) is 6.92 Å². The second-order valence-electron chi connectivity index (χ2n) is 6.13. The first-order valence-electron chi connectivity index (χ1n) is 7.96. The smallest absolute Gasteiger partial charge is 0.416 e. The van der Waals surface area contributed by atoms with E-state index < -0.39 is 29.7 Å². The van der Waals surface area contributed by atoms with Crippen molar-refractivity contribution in [2.24, 2.45) is 0 Å². The summed E-state index contributed by atoms with van der Waals surface area (Å²) in [6, 6.07) is 3.71. The highest BCUT2D eigenvalue weighted by Crippen LogP contribution is 2.32. The number of likely N-dealkylation sites (tertiary alicyclic amines) is 1. The first-order valence-corrected chi connectivity index (χ1v) is 7.96. The minimum absolute atomic E-state index is 0.0190. The number of hydrogen-bond acceptors (Lipinski definition) is 3. The topological polar surface area (TPSA) is 86.3 Å². The molecule has 1 atom stereocenters. The number of amides is 1. The standard InChI is InChI=1S/C17H16F3N3O3/c1-9-13(15(24)23-7-3-6-12(23)16(25)26)22-14(21-9)10-4-2-5-11(8-10)17(18,19)20/h2,4-5,8,12H,3,6-7H2,1H3,(H,21,22)(H,25,26)/t12-/m1/s1. The van der Waals surface area contributed by atoms with Crippen molar-refractivity contribution < 1.29 is 27.9 Å². The van der Waals surface area contributed by atoms with Crippen molar-refractivity contribution in [3.05, 3.63) is 41.2 Å². The summed E-state index contributed by atoms with van der Waals surface area (Å²) in [7, 11) is 0. The van der Waals surface area contributed by atoms with Crippen LogP contribution in [0.1, 0.15) is 34.6 Å². The van der Waals surface area contributed by atoms with Crippen LogP contribution in [0, 0.1) is 6.92 Å². The summed E-state index contributed by atoms with van der Waals surface area (Å²) in [6.45, 7) is 1.88. The number of alkyl halides is 3. The molecule has 1 aromatic carbocycles. The lowest BCUT2D eigenvalue weighted by Crippen LogP contribution is -2.40. The number of nitrogens with one attached hydrogen (secondary N) is 1. The predicted molar refractivity (Wildman–Crippen MR) is 85.5 cm³/mol. The number of imidazole rings is 1. The van der Waals surface area contributed by atoms with Crippen molar-refractivity contribution in [1.82, 2.24) is 14.9 Å². The first-order chi connectivity index (χ1) is 12.2. The van der Waals surface area contributed by atoms with E-state index in [-0.39, 0.29) is 17.1 Å². The number of hydrogen-bond donors (Lipinski definition) is 2. The maximum absolute atomic E-state index is 12.9. The van der Waals surface area contributed by atoms with Gasteiger partial charge in [-0.25, -0.2) is 9.78 Å². The van der Waals surface area contributed by atoms with Crippen LogP contribution in [0.3, 0.4) is 0 Å². The van der Waals surface area contributed by atoms with Gasteiger partial charge in [0.25, 0.3) is 5.91 Å². The van der Waals surface area contributed by atoms with Crippen LogP contribution in [-0.2, 0) is 11.0 Å². The zero-order valence-electron chi connectivity index (χ0n) is 13.8. The molecule has 0 saturated carbocycles. The monoisotopic (exact) mass is 367 g/mol. The van der Waals surface area contributed by atoms with Gasteiger partial charge >= 0.3 is 12.1 Å². The molecule has 1 aliphatic rings. The number of aromatic amines is 1. The van der Waals surface area contributed by atoms with Gasteiger partial charge in [-0.3, -0.25) is 4.79 Å². The number of carbonyl (C=O) groups is 2. The van der Waals surface area contributed by atoms with Gasteiger partial charge in [0.05, 0.1) is 5.56 Å². The molecule has 2 aromatic rings. The lowest BCUT2D eigenvalue weighted by Gasteiger charge is -2.20. The van der Waals surface area contributed by atoms with Gasteiger partial charge in [0.1, 0.15) is 17.6 Å². The third kappa shape index (κ3) is 3.29. The number of carbonyl (C=O) groups excluding carboxylic acids is 1. The number of rotatable bonds is 3. The summed E-state index contributed by atoms with van der Waals surface area (Å²) in [5.74, 6) is -1.49. The van der Waals surface area contributed by atoms with Crippen molar-refractivity contribution in [2.45, 2.75) is 32.0 Å². The second-order valence-corrected chi connectivity index (χ2v) is 6.13. The highest BCUT2D eigenvalue weighted by Gasteiger charge is 2.36. The number of halogens is 3. The third-order valence-corrected chi connectivity index (χ3v) is 4.35. The normalized spacial score (nSPS) is 17.5. The maximum Gasteiger partial charge on any atom is 0.416 e. The summed E-state index contributed by atoms with van der Waals surface area (Å²) in [4.78, 5) is 32.1. The Hall–Kier alpha value is -2.84. The quantitative estimate of drug-likeness (QED) is 0.873. The Morgan fingerprint density at radius 1 is 1.35 bits per heavy atom. The third-order valence-electron chi connectivity index (χ3n) is 4.35. The molecular formula is C17H16F3N3O3. The Balaban J connectivity index is 1.93. The summed E-state index contributed by atoms with van der Waals surface area (Å²) >= 11 is 0. The molecule has 0 aliphatic carbocycles. The average molecular weight is 367 g/mol. The molecule has 0 radical (unpaired) electrons. The molecule has 0 unspecified atom stereocenters. The molecule has 2 heterocycles. The van der Waals surface area contributed by atoms with Crippen molar-refractivity contribution in [2.75, 3.05) is 6.54 Å². The molecule has 0 spiro atoms. The van der Waals surface area contributed by atoms with Crippen molar-refractivity contribution in [3.8, 4) is 11.4 Å². The van der Waals surface area contributed by atoms with E-state index in [1.807, 2.05) is 0 Å². The highest BCUT2D eigenvalue weighted by atomic mass is 19.4. The van der Waals surface area contributed by atoms with E-state index >= 15 is 0 Å². The molecule has 26 heavy (non-hydrogen) atoms. The van der Waals surface area contributed by atoms with Crippen molar-refractivity contribution >= 4 is 11.9 Å². The van der Waals surface area contributed by atoms with Crippen LogP contribution >= 0.6 is 0 Å². The number of carboxylic acid groups (broad SMARTS) is 1. The van der Waals surface area contributed by atoms with Gasteiger partial charge in [-0.1, -0.05) is 12.1 Å². The Labute approximate surface area is 146 Å². The molecule has 9 heteroatoms.